The van der Waals surface area contributed by atoms with E-state index in [1.807, 2.05) is 0 Å². The molecule has 21 heavy (non-hydrogen) atoms. The second-order valence-electron chi connectivity index (χ2n) is 4.77. The number of hydrogen-bond acceptors (Lipinski definition) is 2. The molecule has 0 fully saturated rings. The normalized spacial score (nSPS) is 18.1. The van der Waals surface area contributed by atoms with Crippen molar-refractivity contribution in [3.8, 4) is 11.3 Å². The van der Waals surface area contributed by atoms with Crippen molar-refractivity contribution in [2.24, 2.45) is 0 Å². The minimum atomic E-state index is -1.24. The Morgan fingerprint density at radius 3 is 2.76 bits per heavy atom. The van der Waals surface area contributed by atoms with Crippen LogP contribution in [0.5, 0.6) is 0 Å². The average Bonchev–Trinajstić information content (AvgIpc) is 2.97. The lowest BCUT2D eigenvalue weighted by molar-refractivity contribution is -0.104. The van der Waals surface area contributed by atoms with E-state index in [1.165, 1.54) is 12.1 Å². The Kier molecular flexibility index (Phi) is 3.48. The van der Waals surface area contributed by atoms with E-state index < -0.39 is 6.17 Å². The van der Waals surface area contributed by atoms with E-state index >= 15 is 0 Å². The van der Waals surface area contributed by atoms with Crippen molar-refractivity contribution in [3.63, 3.8) is 0 Å². The van der Waals surface area contributed by atoms with Crippen molar-refractivity contribution < 1.29 is 13.6 Å². The molecule has 1 aliphatic carbocycles. The highest BCUT2D eigenvalue weighted by Crippen LogP contribution is 2.31. The van der Waals surface area contributed by atoms with Crippen LogP contribution in [0.1, 0.15) is 12.1 Å². The van der Waals surface area contributed by atoms with Crippen molar-refractivity contribution in [2.75, 3.05) is 0 Å². The predicted octanol–water partition coefficient (Wildman–Crippen LogP) is 3.47. The molecule has 1 aromatic heterocycles. The van der Waals surface area contributed by atoms with Gasteiger partial charge in [0.15, 0.2) is 6.29 Å². The molecule has 1 unspecified atom stereocenters. The summed E-state index contributed by atoms with van der Waals surface area (Å²) in [7, 11) is 0. The van der Waals surface area contributed by atoms with E-state index in [0.717, 1.165) is 0 Å². The number of rotatable bonds is 3. The Bertz CT molecular complexity index is 729. The number of halogens is 2. The summed E-state index contributed by atoms with van der Waals surface area (Å²) < 4.78 is 27.0. The van der Waals surface area contributed by atoms with Gasteiger partial charge in [0.2, 0.25) is 0 Å². The largest absolute Gasteiger partial charge is 0.298 e. The number of benzene rings is 1. The summed E-state index contributed by atoms with van der Waals surface area (Å²) in [4.78, 5) is 11.1. The molecule has 0 radical (unpaired) electrons. The van der Waals surface area contributed by atoms with Gasteiger partial charge in [-0.05, 0) is 30.3 Å². The maximum atomic E-state index is 14.1. The molecular formula is C16H12F2N2O. The van der Waals surface area contributed by atoms with Gasteiger partial charge in [0.25, 0.3) is 0 Å². The maximum absolute atomic E-state index is 14.1. The predicted molar refractivity (Wildman–Crippen MR) is 75.6 cm³/mol. The first-order chi connectivity index (χ1) is 10.2. The van der Waals surface area contributed by atoms with E-state index in [1.54, 1.807) is 30.4 Å². The number of allylic oxidation sites excluding steroid dienone is 4. The molecule has 1 atom stereocenters. The van der Waals surface area contributed by atoms with Gasteiger partial charge in [0.1, 0.15) is 12.0 Å². The van der Waals surface area contributed by atoms with Gasteiger partial charge in [-0.1, -0.05) is 12.2 Å². The lowest BCUT2D eigenvalue weighted by Crippen LogP contribution is -2.10. The van der Waals surface area contributed by atoms with Crippen LogP contribution in [-0.2, 0) is 4.79 Å². The molecule has 3 rings (SSSR count). The molecule has 5 heteroatoms. The minimum absolute atomic E-state index is 0.234. The van der Waals surface area contributed by atoms with Crippen molar-refractivity contribution in [1.82, 2.24) is 10.2 Å². The Morgan fingerprint density at radius 1 is 1.29 bits per heavy atom. The van der Waals surface area contributed by atoms with Crippen LogP contribution in [0.3, 0.4) is 0 Å². The van der Waals surface area contributed by atoms with E-state index in [0.29, 0.717) is 34.4 Å². The standard InChI is InChI=1S/C16H12F2N2O/c17-12-6-4-10(5-7-12)14-8-15(20-19-14)16-11(9-21)2-1-3-13(16)18/h1-2,4-9,13H,3H2,(H,19,20). The molecular weight excluding hydrogens is 274 g/mol. The fourth-order valence-corrected chi connectivity index (χ4v) is 2.36. The van der Waals surface area contributed by atoms with Gasteiger partial charge in [-0.15, -0.1) is 0 Å². The van der Waals surface area contributed by atoms with Crippen molar-refractivity contribution in [3.05, 3.63) is 59.6 Å². The minimum Gasteiger partial charge on any atom is -0.298 e. The van der Waals surface area contributed by atoms with Gasteiger partial charge < -0.3 is 0 Å². The number of carbonyl (C=O) groups excluding carboxylic acids is 1. The molecule has 106 valence electrons. The highest BCUT2D eigenvalue weighted by Gasteiger charge is 2.22. The molecule has 1 aliphatic rings. The Morgan fingerprint density at radius 2 is 2.05 bits per heavy atom. The van der Waals surface area contributed by atoms with E-state index in [2.05, 4.69) is 10.2 Å². The maximum Gasteiger partial charge on any atom is 0.150 e. The number of carbonyl (C=O) groups is 1. The number of aromatic amines is 1. The summed E-state index contributed by atoms with van der Waals surface area (Å²) in [6.45, 7) is 0. The summed E-state index contributed by atoms with van der Waals surface area (Å²) in [5.74, 6) is -0.332. The van der Waals surface area contributed by atoms with Crippen molar-refractivity contribution >= 4 is 11.9 Å². The van der Waals surface area contributed by atoms with Gasteiger partial charge >= 0.3 is 0 Å². The first-order valence-electron chi connectivity index (χ1n) is 6.50. The van der Waals surface area contributed by atoms with Crippen LogP contribution in [-0.4, -0.2) is 22.7 Å². The fourth-order valence-electron chi connectivity index (χ4n) is 2.36. The number of hydrogen-bond donors (Lipinski definition) is 1. The molecule has 0 saturated carbocycles. The van der Waals surface area contributed by atoms with Crippen LogP contribution in [0.2, 0.25) is 0 Å². The van der Waals surface area contributed by atoms with Crippen LogP contribution in [0, 0.1) is 5.82 Å². The summed E-state index contributed by atoms with van der Waals surface area (Å²) in [6, 6.07) is 7.52. The quantitative estimate of drug-likeness (QED) is 0.878. The Hall–Kier alpha value is -2.56. The number of nitrogens with one attached hydrogen (secondary N) is 1. The SMILES string of the molecule is O=CC1=C(c2cc(-c3ccc(F)cc3)n[nH]2)C(F)CC=C1. The molecule has 1 N–H and O–H groups in total. The number of aromatic nitrogens is 2. The first kappa shape index (κ1) is 13.4. The third-order valence-electron chi connectivity index (χ3n) is 3.40. The molecule has 0 bridgehead atoms. The summed E-state index contributed by atoms with van der Waals surface area (Å²) in [6.07, 6.45) is 2.87. The highest BCUT2D eigenvalue weighted by molar-refractivity contribution is 5.93. The third kappa shape index (κ3) is 2.54. The van der Waals surface area contributed by atoms with E-state index in [-0.39, 0.29) is 12.2 Å². The van der Waals surface area contributed by atoms with Gasteiger partial charge in [0, 0.05) is 23.1 Å². The number of alkyl halides is 1. The van der Waals surface area contributed by atoms with Crippen LogP contribution in [0.25, 0.3) is 16.8 Å². The zero-order valence-electron chi connectivity index (χ0n) is 11.0. The zero-order valence-corrected chi connectivity index (χ0v) is 11.0. The molecule has 3 nitrogen and oxygen atoms in total. The van der Waals surface area contributed by atoms with E-state index in [9.17, 15) is 13.6 Å². The number of aldehydes is 1. The summed E-state index contributed by atoms with van der Waals surface area (Å²) >= 11 is 0. The van der Waals surface area contributed by atoms with Gasteiger partial charge in [-0.2, -0.15) is 5.10 Å². The topological polar surface area (TPSA) is 45.8 Å². The highest BCUT2D eigenvalue weighted by atomic mass is 19.1. The Labute approximate surface area is 120 Å². The van der Waals surface area contributed by atoms with Crippen LogP contribution >= 0.6 is 0 Å². The molecule has 0 aliphatic heterocycles. The first-order valence-corrected chi connectivity index (χ1v) is 6.50. The molecule has 1 heterocycles. The lowest BCUT2D eigenvalue weighted by atomic mass is 9.94. The van der Waals surface area contributed by atoms with E-state index in [4.69, 9.17) is 0 Å². The zero-order chi connectivity index (χ0) is 14.8. The second-order valence-corrected chi connectivity index (χ2v) is 4.77. The van der Waals surface area contributed by atoms with Crippen LogP contribution in [0.15, 0.2) is 48.1 Å². The van der Waals surface area contributed by atoms with Gasteiger partial charge in [-0.25, -0.2) is 8.78 Å². The molecule has 0 saturated heterocycles. The molecule has 1 aromatic carbocycles. The summed E-state index contributed by atoms with van der Waals surface area (Å²) in [5, 5.41) is 6.86. The molecule has 0 amide bonds. The molecule has 0 spiro atoms. The lowest BCUT2D eigenvalue weighted by Gasteiger charge is -2.15. The van der Waals surface area contributed by atoms with Crippen molar-refractivity contribution in [2.45, 2.75) is 12.6 Å². The van der Waals surface area contributed by atoms with Crippen LogP contribution in [0.4, 0.5) is 8.78 Å². The van der Waals surface area contributed by atoms with Gasteiger partial charge in [-0.3, -0.25) is 9.89 Å². The van der Waals surface area contributed by atoms with Crippen molar-refractivity contribution in [1.29, 1.82) is 0 Å². The Balaban J connectivity index is 2.01. The molecule has 2 aromatic rings. The monoisotopic (exact) mass is 286 g/mol. The average molecular weight is 286 g/mol. The van der Waals surface area contributed by atoms with Crippen LogP contribution < -0.4 is 0 Å². The number of nitrogens with zero attached hydrogens (tertiary/aromatic N) is 1. The summed E-state index contributed by atoms with van der Waals surface area (Å²) in [5.41, 5.74) is 2.38. The van der Waals surface area contributed by atoms with Gasteiger partial charge in [0.05, 0.1) is 11.4 Å². The third-order valence-corrected chi connectivity index (χ3v) is 3.40. The number of H-pyrrole nitrogens is 1. The smallest absolute Gasteiger partial charge is 0.150 e. The fraction of sp³-hybridized carbons (Fsp3) is 0.125. The second kappa shape index (κ2) is 5.44.